The van der Waals surface area contributed by atoms with Crippen molar-refractivity contribution in [3.63, 3.8) is 0 Å². The van der Waals surface area contributed by atoms with E-state index >= 15 is 0 Å². The SMILES string of the molecule is CCOc1ccc(-c2noc(CCC(=O)Nc3ccccc3SC)n2)cc1. The highest BCUT2D eigenvalue weighted by molar-refractivity contribution is 7.98. The van der Waals surface area contributed by atoms with Crippen LogP contribution in [0.15, 0.2) is 57.9 Å². The van der Waals surface area contributed by atoms with Gasteiger partial charge in [0.15, 0.2) is 0 Å². The summed E-state index contributed by atoms with van der Waals surface area (Å²) >= 11 is 1.59. The fraction of sp³-hybridized carbons (Fsp3) is 0.250. The fourth-order valence-corrected chi connectivity index (χ4v) is 3.08. The van der Waals surface area contributed by atoms with Crippen LogP contribution in [0.2, 0.25) is 0 Å². The Labute approximate surface area is 162 Å². The number of aryl methyl sites for hydroxylation is 1. The fourth-order valence-electron chi connectivity index (χ4n) is 2.52. The van der Waals surface area contributed by atoms with E-state index in [0.29, 0.717) is 24.7 Å². The largest absolute Gasteiger partial charge is 0.494 e. The molecule has 2 aromatic carbocycles. The predicted octanol–water partition coefficient (Wildman–Crippen LogP) is 4.43. The molecule has 0 saturated carbocycles. The van der Waals surface area contributed by atoms with Crippen LogP contribution in [-0.2, 0) is 11.2 Å². The molecule has 1 heterocycles. The maximum absolute atomic E-state index is 12.2. The number of hydrogen-bond acceptors (Lipinski definition) is 6. The third-order valence-electron chi connectivity index (χ3n) is 3.84. The Morgan fingerprint density at radius 1 is 1.19 bits per heavy atom. The molecule has 6 nitrogen and oxygen atoms in total. The molecule has 3 aromatic rings. The zero-order chi connectivity index (χ0) is 19.1. The third kappa shape index (κ3) is 5.10. The van der Waals surface area contributed by atoms with Gasteiger partial charge in [-0.05, 0) is 49.6 Å². The molecule has 27 heavy (non-hydrogen) atoms. The van der Waals surface area contributed by atoms with Crippen molar-refractivity contribution in [2.45, 2.75) is 24.7 Å². The zero-order valence-corrected chi connectivity index (χ0v) is 16.1. The first kappa shape index (κ1) is 19.0. The van der Waals surface area contributed by atoms with Gasteiger partial charge in [-0.25, -0.2) is 0 Å². The molecule has 0 saturated heterocycles. The van der Waals surface area contributed by atoms with Gasteiger partial charge in [0.2, 0.25) is 17.6 Å². The molecular formula is C20H21N3O3S. The number of nitrogens with one attached hydrogen (secondary N) is 1. The van der Waals surface area contributed by atoms with E-state index in [1.807, 2.05) is 61.7 Å². The number of para-hydroxylation sites is 1. The van der Waals surface area contributed by atoms with Gasteiger partial charge >= 0.3 is 0 Å². The lowest BCUT2D eigenvalue weighted by Gasteiger charge is -2.08. The number of amides is 1. The highest BCUT2D eigenvalue weighted by Crippen LogP contribution is 2.25. The molecule has 1 N–H and O–H groups in total. The number of anilines is 1. The summed E-state index contributed by atoms with van der Waals surface area (Å²) in [5, 5.41) is 6.91. The van der Waals surface area contributed by atoms with Gasteiger partial charge in [0, 0.05) is 23.3 Å². The number of carbonyl (C=O) groups is 1. The lowest BCUT2D eigenvalue weighted by molar-refractivity contribution is -0.116. The van der Waals surface area contributed by atoms with Crippen LogP contribution in [0.5, 0.6) is 5.75 Å². The van der Waals surface area contributed by atoms with Crippen molar-refractivity contribution in [3.05, 3.63) is 54.4 Å². The minimum absolute atomic E-state index is 0.0858. The van der Waals surface area contributed by atoms with E-state index in [2.05, 4.69) is 15.5 Å². The number of ether oxygens (including phenoxy) is 1. The number of hydrogen-bond donors (Lipinski definition) is 1. The number of benzene rings is 2. The van der Waals surface area contributed by atoms with E-state index < -0.39 is 0 Å². The monoisotopic (exact) mass is 383 g/mol. The van der Waals surface area contributed by atoms with E-state index in [9.17, 15) is 4.79 Å². The average molecular weight is 383 g/mol. The van der Waals surface area contributed by atoms with Crippen LogP contribution in [0.4, 0.5) is 5.69 Å². The van der Waals surface area contributed by atoms with Crippen molar-refractivity contribution in [2.75, 3.05) is 18.2 Å². The number of nitrogens with zero attached hydrogens (tertiary/aromatic N) is 2. The summed E-state index contributed by atoms with van der Waals surface area (Å²) in [4.78, 5) is 17.6. The summed E-state index contributed by atoms with van der Waals surface area (Å²) in [6, 6.07) is 15.2. The topological polar surface area (TPSA) is 77.2 Å². The lowest BCUT2D eigenvalue weighted by Crippen LogP contribution is -2.13. The maximum Gasteiger partial charge on any atom is 0.227 e. The standard InChI is InChI=1S/C20H21N3O3S/c1-3-25-15-10-8-14(9-11-15)20-22-19(26-23-20)13-12-18(24)21-16-6-4-5-7-17(16)27-2/h4-11H,3,12-13H2,1-2H3,(H,21,24). The second kappa shape index (κ2) is 9.23. The van der Waals surface area contributed by atoms with Gasteiger partial charge in [-0.3, -0.25) is 4.79 Å². The summed E-state index contributed by atoms with van der Waals surface area (Å²) in [6.07, 6.45) is 2.64. The molecule has 0 unspecified atom stereocenters. The summed E-state index contributed by atoms with van der Waals surface area (Å²) in [7, 11) is 0. The van der Waals surface area contributed by atoms with Crippen LogP contribution in [-0.4, -0.2) is 28.9 Å². The minimum Gasteiger partial charge on any atom is -0.494 e. The van der Waals surface area contributed by atoms with E-state index in [-0.39, 0.29) is 12.3 Å². The normalized spacial score (nSPS) is 10.6. The molecule has 140 valence electrons. The summed E-state index contributed by atoms with van der Waals surface area (Å²) in [6.45, 7) is 2.56. The Morgan fingerprint density at radius 3 is 2.70 bits per heavy atom. The van der Waals surface area contributed by atoms with Crippen LogP contribution in [0, 0.1) is 0 Å². The Hall–Kier alpha value is -2.80. The van der Waals surface area contributed by atoms with E-state index in [4.69, 9.17) is 9.26 Å². The van der Waals surface area contributed by atoms with Gasteiger partial charge in [0.25, 0.3) is 0 Å². The van der Waals surface area contributed by atoms with Gasteiger partial charge in [-0.15, -0.1) is 11.8 Å². The number of thioether (sulfide) groups is 1. The summed E-state index contributed by atoms with van der Waals surface area (Å²) < 4.78 is 10.7. The smallest absolute Gasteiger partial charge is 0.227 e. The lowest BCUT2D eigenvalue weighted by atomic mass is 10.2. The van der Waals surface area contributed by atoms with Crippen LogP contribution < -0.4 is 10.1 Å². The third-order valence-corrected chi connectivity index (χ3v) is 4.63. The molecule has 1 amide bonds. The summed E-state index contributed by atoms with van der Waals surface area (Å²) in [5.41, 5.74) is 1.66. The predicted molar refractivity (Wildman–Crippen MR) is 106 cm³/mol. The van der Waals surface area contributed by atoms with Gasteiger partial charge in [0.1, 0.15) is 5.75 Å². The van der Waals surface area contributed by atoms with Crippen LogP contribution in [0.25, 0.3) is 11.4 Å². The quantitative estimate of drug-likeness (QED) is 0.580. The molecule has 0 spiro atoms. The highest BCUT2D eigenvalue weighted by atomic mass is 32.2. The Morgan fingerprint density at radius 2 is 1.96 bits per heavy atom. The second-order valence-electron chi connectivity index (χ2n) is 5.72. The van der Waals surface area contributed by atoms with Gasteiger partial charge in [-0.1, -0.05) is 17.3 Å². The molecule has 3 rings (SSSR count). The summed E-state index contributed by atoms with van der Waals surface area (Å²) in [5.74, 6) is 1.65. The molecule has 0 aliphatic rings. The number of carbonyl (C=O) groups excluding carboxylic acids is 1. The van der Waals surface area contributed by atoms with Gasteiger partial charge < -0.3 is 14.6 Å². The van der Waals surface area contributed by atoms with Crippen molar-refractivity contribution < 1.29 is 14.1 Å². The molecule has 0 atom stereocenters. The molecule has 0 aliphatic heterocycles. The molecule has 7 heteroatoms. The zero-order valence-electron chi connectivity index (χ0n) is 15.3. The molecule has 1 aromatic heterocycles. The molecule has 0 fully saturated rings. The molecule has 0 aliphatic carbocycles. The van der Waals surface area contributed by atoms with Crippen molar-refractivity contribution >= 4 is 23.4 Å². The van der Waals surface area contributed by atoms with Crippen LogP contribution >= 0.6 is 11.8 Å². The van der Waals surface area contributed by atoms with E-state index in [0.717, 1.165) is 21.9 Å². The molecule has 0 radical (unpaired) electrons. The van der Waals surface area contributed by atoms with Crippen molar-refractivity contribution in [1.29, 1.82) is 0 Å². The Bertz CT molecular complexity index is 893. The van der Waals surface area contributed by atoms with Gasteiger partial charge in [0.05, 0.1) is 12.3 Å². The molecular weight excluding hydrogens is 362 g/mol. The number of aromatic nitrogens is 2. The van der Waals surface area contributed by atoms with Gasteiger partial charge in [-0.2, -0.15) is 4.98 Å². The highest BCUT2D eigenvalue weighted by Gasteiger charge is 2.12. The van der Waals surface area contributed by atoms with Crippen molar-refractivity contribution in [1.82, 2.24) is 10.1 Å². The number of rotatable bonds is 8. The Kier molecular flexibility index (Phi) is 6.49. The first-order valence-corrected chi connectivity index (χ1v) is 9.90. The van der Waals surface area contributed by atoms with Crippen molar-refractivity contribution in [3.8, 4) is 17.1 Å². The Balaban J connectivity index is 1.57. The molecule has 0 bridgehead atoms. The minimum atomic E-state index is -0.0858. The average Bonchev–Trinajstić information content (AvgIpc) is 3.17. The van der Waals surface area contributed by atoms with E-state index in [1.54, 1.807) is 11.8 Å². The maximum atomic E-state index is 12.2. The van der Waals surface area contributed by atoms with Crippen LogP contribution in [0.1, 0.15) is 19.2 Å². The van der Waals surface area contributed by atoms with E-state index in [1.165, 1.54) is 0 Å². The first-order chi connectivity index (χ1) is 13.2. The van der Waals surface area contributed by atoms with Crippen molar-refractivity contribution in [2.24, 2.45) is 0 Å². The first-order valence-electron chi connectivity index (χ1n) is 8.68. The second-order valence-corrected chi connectivity index (χ2v) is 6.57. The van der Waals surface area contributed by atoms with Crippen LogP contribution in [0.3, 0.4) is 0 Å².